The van der Waals surface area contributed by atoms with Crippen LogP contribution in [0.5, 0.6) is 17.5 Å². The molecule has 5 heterocycles. The van der Waals surface area contributed by atoms with Crippen molar-refractivity contribution in [3.8, 4) is 51.3 Å². The van der Waals surface area contributed by atoms with Gasteiger partial charge >= 0.3 is 0 Å². The topological polar surface area (TPSA) is 94.2 Å². The number of benzene rings is 3. The van der Waals surface area contributed by atoms with Crippen LogP contribution in [0.3, 0.4) is 0 Å². The lowest BCUT2D eigenvalue weighted by Crippen LogP contribution is -2.21. The smallest absolute Gasteiger partial charge is 0.227 e. The zero-order valence-corrected chi connectivity index (χ0v) is 32.0. The molecule has 0 aliphatic heterocycles. The number of fused-ring (bicyclic) bond motifs is 5. The van der Waals surface area contributed by atoms with Gasteiger partial charge in [0, 0.05) is 46.4 Å². The van der Waals surface area contributed by atoms with Crippen LogP contribution in [-0.2, 0) is 25.7 Å². The minimum atomic E-state index is 0.153. The van der Waals surface area contributed by atoms with Crippen molar-refractivity contribution in [3.05, 3.63) is 149 Å². The van der Waals surface area contributed by atoms with E-state index in [1.165, 1.54) is 27.8 Å². The minimum Gasteiger partial charge on any atom is -0.507 e. The number of phenols is 1. The number of aromatic hydroxyl groups is 1. The highest BCUT2D eigenvalue weighted by Gasteiger charge is 2.43. The monoisotopic (exact) mass is 734 g/mol. The highest BCUT2D eigenvalue weighted by Crippen LogP contribution is 2.48. The number of ether oxygens (including phenoxy) is 1. The first-order chi connectivity index (χ1) is 27.2. The number of hydrogen-bond donors (Lipinski definition) is 1. The van der Waals surface area contributed by atoms with Gasteiger partial charge in [0.15, 0.2) is 0 Å². The summed E-state index contributed by atoms with van der Waals surface area (Å²) in [7, 11) is 0. The van der Waals surface area contributed by atoms with Gasteiger partial charge in [0.1, 0.15) is 11.3 Å². The molecular formula is C49H42N4O3. The molecule has 7 nitrogen and oxygen atoms in total. The van der Waals surface area contributed by atoms with Crippen LogP contribution in [0, 0.1) is 5.41 Å². The first-order valence-corrected chi connectivity index (χ1v) is 19.6. The second kappa shape index (κ2) is 13.2. The lowest BCUT2D eigenvalue weighted by molar-refractivity contribution is 0.325. The number of hydrogen-bond acceptors (Lipinski definition) is 7. The summed E-state index contributed by atoms with van der Waals surface area (Å²) in [6.07, 6.45) is 6.08. The zero-order chi connectivity index (χ0) is 38.1. The predicted molar refractivity (Wildman–Crippen MR) is 221 cm³/mol. The molecule has 0 bridgehead atoms. The first kappa shape index (κ1) is 34.2. The fourth-order valence-electron chi connectivity index (χ4n) is 9.10. The quantitative estimate of drug-likeness (QED) is 0.174. The van der Waals surface area contributed by atoms with Gasteiger partial charge in [-0.25, -0.2) is 15.0 Å². The van der Waals surface area contributed by atoms with Crippen LogP contribution in [-0.4, -0.2) is 25.0 Å². The summed E-state index contributed by atoms with van der Waals surface area (Å²) in [5.74, 6) is 1.50. The molecule has 1 N–H and O–H groups in total. The molecule has 2 aliphatic rings. The van der Waals surface area contributed by atoms with Gasteiger partial charge in [-0.05, 0) is 112 Å². The van der Waals surface area contributed by atoms with Crippen LogP contribution in [0.1, 0.15) is 73.0 Å². The largest absolute Gasteiger partial charge is 0.507 e. The third-order valence-electron chi connectivity index (χ3n) is 11.7. The zero-order valence-electron chi connectivity index (χ0n) is 32.0. The van der Waals surface area contributed by atoms with E-state index < -0.39 is 0 Å². The van der Waals surface area contributed by atoms with Crippen molar-refractivity contribution in [1.29, 1.82) is 0 Å². The van der Waals surface area contributed by atoms with E-state index in [0.717, 1.165) is 58.9 Å². The molecule has 0 unspecified atom stereocenters. The maximum atomic E-state index is 10.9. The molecule has 10 rings (SSSR count). The van der Waals surface area contributed by atoms with E-state index in [9.17, 15) is 5.11 Å². The SMILES string of the molecule is CC(C)c1cccc(C(C)C)c1-c1cc(Oc2cccc(-c3cc4oc5nc6c(cc5c4cn3)CC3(Cc4ccccc4C3)C6)n2)nc(-c2ccccc2O)c1. The third kappa shape index (κ3) is 5.90. The number of aromatic nitrogens is 4. The van der Waals surface area contributed by atoms with Crippen LogP contribution < -0.4 is 4.74 Å². The summed E-state index contributed by atoms with van der Waals surface area (Å²) >= 11 is 0. The van der Waals surface area contributed by atoms with Crippen LogP contribution in [0.2, 0.25) is 0 Å². The molecule has 7 heteroatoms. The second-order valence-corrected chi connectivity index (χ2v) is 16.3. The molecule has 1 spiro atoms. The Hall–Kier alpha value is -6.34. The summed E-state index contributed by atoms with van der Waals surface area (Å²) in [6.45, 7) is 8.85. The standard InChI is InChI=1S/C49H42N4O3/c1-28(2)34-14-9-15-35(29(3)4)47(34)32-20-40(36-13-7-8-17-43(36)54)52-46(21-32)56-45-18-10-16-39(51-45)41-22-44-38(27-50-41)37-19-33-25-49(26-42(33)53-48(37)55-44)23-30-11-5-6-12-31(30)24-49/h5-22,27-29,54H,23-26H2,1-4H3. The molecule has 56 heavy (non-hydrogen) atoms. The Morgan fingerprint density at radius 1 is 0.625 bits per heavy atom. The number of para-hydroxylation sites is 1. The van der Waals surface area contributed by atoms with Crippen molar-refractivity contribution >= 4 is 22.1 Å². The van der Waals surface area contributed by atoms with Gasteiger partial charge in [0.25, 0.3) is 0 Å². The number of phenolic OH excluding ortho intramolecular Hbond substituents is 1. The molecule has 5 aromatic heterocycles. The Morgan fingerprint density at radius 2 is 1.32 bits per heavy atom. The summed E-state index contributed by atoms with van der Waals surface area (Å²) < 4.78 is 12.9. The normalized spacial score (nSPS) is 14.3. The van der Waals surface area contributed by atoms with E-state index in [1.54, 1.807) is 6.07 Å². The molecule has 0 amide bonds. The summed E-state index contributed by atoms with van der Waals surface area (Å²) in [4.78, 5) is 19.7. The fraction of sp³-hybridized carbons (Fsp3) is 0.224. The maximum Gasteiger partial charge on any atom is 0.227 e. The van der Waals surface area contributed by atoms with Crippen LogP contribution >= 0.6 is 0 Å². The van der Waals surface area contributed by atoms with Crippen molar-refractivity contribution in [1.82, 2.24) is 19.9 Å². The van der Waals surface area contributed by atoms with Gasteiger partial charge in [-0.1, -0.05) is 88.4 Å². The third-order valence-corrected chi connectivity index (χ3v) is 11.7. The van der Waals surface area contributed by atoms with Crippen LogP contribution in [0.4, 0.5) is 0 Å². The summed E-state index contributed by atoms with van der Waals surface area (Å²) in [6, 6.07) is 36.5. The molecule has 2 aliphatic carbocycles. The van der Waals surface area contributed by atoms with Crippen molar-refractivity contribution in [2.45, 2.75) is 65.2 Å². The Balaban J connectivity index is 0.984. The molecule has 3 aromatic carbocycles. The second-order valence-electron chi connectivity index (χ2n) is 16.3. The Bertz CT molecular complexity index is 2790. The number of rotatable bonds is 7. The maximum absolute atomic E-state index is 10.9. The fourth-order valence-corrected chi connectivity index (χ4v) is 9.10. The minimum absolute atomic E-state index is 0.153. The average molecular weight is 735 g/mol. The van der Waals surface area contributed by atoms with E-state index in [4.69, 9.17) is 29.1 Å². The Labute approximate surface area is 326 Å². The number of nitrogens with zero attached hydrogens (tertiary/aromatic N) is 4. The molecule has 0 saturated heterocycles. The van der Waals surface area contributed by atoms with Gasteiger partial charge in [-0.15, -0.1) is 0 Å². The lowest BCUT2D eigenvalue weighted by Gasteiger charge is -2.21. The van der Waals surface area contributed by atoms with E-state index in [1.807, 2.05) is 60.8 Å². The molecule has 0 fully saturated rings. The van der Waals surface area contributed by atoms with Gasteiger partial charge in [0.05, 0.1) is 17.1 Å². The molecule has 0 radical (unpaired) electrons. The van der Waals surface area contributed by atoms with E-state index in [0.29, 0.717) is 52.0 Å². The van der Waals surface area contributed by atoms with E-state index in [2.05, 4.69) is 76.2 Å². The van der Waals surface area contributed by atoms with Gasteiger partial charge in [0.2, 0.25) is 17.5 Å². The highest BCUT2D eigenvalue weighted by molar-refractivity contribution is 6.04. The number of pyridine rings is 4. The van der Waals surface area contributed by atoms with E-state index in [-0.39, 0.29) is 11.2 Å². The van der Waals surface area contributed by atoms with Gasteiger partial charge in [-0.3, -0.25) is 4.98 Å². The molecular weight excluding hydrogens is 693 g/mol. The Morgan fingerprint density at radius 3 is 2.07 bits per heavy atom. The van der Waals surface area contributed by atoms with Crippen molar-refractivity contribution in [2.24, 2.45) is 5.41 Å². The lowest BCUT2D eigenvalue weighted by atomic mass is 9.82. The van der Waals surface area contributed by atoms with Gasteiger partial charge in [-0.2, -0.15) is 0 Å². The predicted octanol–water partition coefficient (Wildman–Crippen LogP) is 11.8. The van der Waals surface area contributed by atoms with Crippen LogP contribution in [0.15, 0.2) is 120 Å². The summed E-state index contributed by atoms with van der Waals surface area (Å²) in [5, 5.41) is 12.8. The summed E-state index contributed by atoms with van der Waals surface area (Å²) in [5.41, 5.74) is 14.2. The first-order valence-electron chi connectivity index (χ1n) is 19.6. The average Bonchev–Trinajstić information content (AvgIpc) is 3.86. The van der Waals surface area contributed by atoms with Crippen molar-refractivity contribution < 1.29 is 14.3 Å². The van der Waals surface area contributed by atoms with Crippen molar-refractivity contribution in [2.75, 3.05) is 0 Å². The highest BCUT2D eigenvalue weighted by atomic mass is 16.5. The van der Waals surface area contributed by atoms with E-state index >= 15 is 0 Å². The van der Waals surface area contributed by atoms with Crippen molar-refractivity contribution in [3.63, 3.8) is 0 Å². The Kier molecular flexibility index (Phi) is 8.03. The van der Waals surface area contributed by atoms with Gasteiger partial charge < -0.3 is 14.3 Å². The van der Waals surface area contributed by atoms with Crippen LogP contribution in [0.25, 0.3) is 55.8 Å². The molecule has 0 atom stereocenters. The molecule has 8 aromatic rings. The molecule has 276 valence electrons. The molecule has 0 saturated carbocycles. The number of furan rings is 1.